The molecule has 1 heterocycles. The molecule has 0 aromatic heterocycles. The summed E-state index contributed by atoms with van der Waals surface area (Å²) in [7, 11) is 0. The van der Waals surface area contributed by atoms with Crippen molar-refractivity contribution < 1.29 is 23.4 Å². The van der Waals surface area contributed by atoms with E-state index in [-0.39, 0.29) is 11.7 Å². The van der Waals surface area contributed by atoms with Gasteiger partial charge in [-0.25, -0.2) is 0 Å². The molecule has 1 fully saturated rings. The number of alkyl halides is 3. The number of benzene rings is 1. The van der Waals surface area contributed by atoms with E-state index >= 15 is 0 Å². The standard InChI is InChI=1S/C12H14F3N3O2/c13-12(14,15)10-7-9(1-2-11(10)18(19)20)17-8-3-5-16-6-4-8/h1-2,7-8,16-17H,3-6H2/p+1. The first-order valence-electron chi connectivity index (χ1n) is 6.32. The lowest BCUT2D eigenvalue weighted by Crippen LogP contribution is -2.87. The smallest absolute Gasteiger partial charge is 0.382 e. The van der Waals surface area contributed by atoms with Crippen LogP contribution < -0.4 is 10.6 Å². The van der Waals surface area contributed by atoms with E-state index in [0.717, 1.165) is 38.1 Å². The van der Waals surface area contributed by atoms with Crippen molar-refractivity contribution in [3.63, 3.8) is 0 Å². The van der Waals surface area contributed by atoms with Gasteiger partial charge in [0.1, 0.15) is 5.56 Å². The fourth-order valence-electron chi connectivity index (χ4n) is 2.32. The number of hydrogen-bond acceptors (Lipinski definition) is 3. The highest BCUT2D eigenvalue weighted by atomic mass is 19.4. The van der Waals surface area contributed by atoms with E-state index in [9.17, 15) is 23.3 Å². The van der Waals surface area contributed by atoms with Crippen LogP contribution in [0.2, 0.25) is 0 Å². The van der Waals surface area contributed by atoms with Gasteiger partial charge in [-0.05, 0) is 12.1 Å². The van der Waals surface area contributed by atoms with Crippen molar-refractivity contribution in [3.05, 3.63) is 33.9 Å². The topological polar surface area (TPSA) is 71.8 Å². The maximum atomic E-state index is 12.8. The van der Waals surface area contributed by atoms with Gasteiger partial charge in [-0.3, -0.25) is 10.1 Å². The third-order valence-corrected chi connectivity index (χ3v) is 3.31. The van der Waals surface area contributed by atoms with Crippen molar-refractivity contribution in [2.75, 3.05) is 18.4 Å². The molecule has 110 valence electrons. The zero-order valence-corrected chi connectivity index (χ0v) is 10.6. The van der Waals surface area contributed by atoms with Gasteiger partial charge >= 0.3 is 6.18 Å². The van der Waals surface area contributed by atoms with E-state index in [1.165, 1.54) is 6.07 Å². The van der Waals surface area contributed by atoms with Gasteiger partial charge in [-0.15, -0.1) is 0 Å². The van der Waals surface area contributed by atoms with Gasteiger partial charge in [0, 0.05) is 30.6 Å². The van der Waals surface area contributed by atoms with Crippen molar-refractivity contribution in [2.45, 2.75) is 25.1 Å². The molecule has 5 nitrogen and oxygen atoms in total. The summed E-state index contributed by atoms with van der Waals surface area (Å²) >= 11 is 0. The predicted octanol–water partition coefficient (Wildman–Crippen LogP) is 1.75. The summed E-state index contributed by atoms with van der Waals surface area (Å²) in [6, 6.07) is 3.16. The fraction of sp³-hybridized carbons (Fsp3) is 0.500. The minimum atomic E-state index is -4.74. The van der Waals surface area contributed by atoms with E-state index in [1.807, 2.05) is 0 Å². The largest absolute Gasteiger partial charge is 0.423 e. The highest BCUT2D eigenvalue weighted by molar-refractivity contribution is 5.55. The van der Waals surface area contributed by atoms with Gasteiger partial charge in [0.15, 0.2) is 0 Å². The first kappa shape index (κ1) is 14.6. The highest BCUT2D eigenvalue weighted by Crippen LogP contribution is 2.37. The van der Waals surface area contributed by atoms with E-state index in [4.69, 9.17) is 0 Å². The molecular formula is C12H15F3N3O2+. The summed E-state index contributed by atoms with van der Waals surface area (Å²) in [5.74, 6) is 0. The number of nitro benzene ring substituents is 1. The third kappa shape index (κ3) is 3.38. The normalized spacial score (nSPS) is 16.9. The number of nitro groups is 1. The minimum Gasteiger partial charge on any atom is -0.382 e. The Bertz CT molecular complexity index is 499. The molecule has 0 spiro atoms. The Morgan fingerprint density at radius 3 is 2.50 bits per heavy atom. The Morgan fingerprint density at radius 2 is 1.95 bits per heavy atom. The van der Waals surface area contributed by atoms with Crippen LogP contribution in [0.1, 0.15) is 18.4 Å². The molecule has 0 unspecified atom stereocenters. The van der Waals surface area contributed by atoms with Crippen LogP contribution >= 0.6 is 0 Å². The van der Waals surface area contributed by atoms with Crippen molar-refractivity contribution in [2.24, 2.45) is 0 Å². The van der Waals surface area contributed by atoms with Crippen molar-refractivity contribution in [3.8, 4) is 0 Å². The van der Waals surface area contributed by atoms with Crippen LogP contribution in [0.25, 0.3) is 0 Å². The lowest BCUT2D eigenvalue weighted by molar-refractivity contribution is -0.662. The maximum absolute atomic E-state index is 12.8. The lowest BCUT2D eigenvalue weighted by atomic mass is 10.1. The molecule has 1 aromatic rings. The summed E-state index contributed by atoms with van der Waals surface area (Å²) < 4.78 is 38.5. The van der Waals surface area contributed by atoms with Gasteiger partial charge in [-0.2, -0.15) is 13.2 Å². The molecule has 0 saturated carbocycles. The number of halogens is 3. The van der Waals surface area contributed by atoms with Crippen molar-refractivity contribution >= 4 is 11.4 Å². The average Bonchev–Trinajstić information content (AvgIpc) is 2.38. The fourth-order valence-corrected chi connectivity index (χ4v) is 2.32. The zero-order chi connectivity index (χ0) is 14.8. The second-order valence-electron chi connectivity index (χ2n) is 4.77. The molecule has 8 heteroatoms. The molecule has 1 aromatic carbocycles. The molecule has 20 heavy (non-hydrogen) atoms. The van der Waals surface area contributed by atoms with E-state index < -0.39 is 22.4 Å². The Hall–Kier alpha value is -1.83. The quantitative estimate of drug-likeness (QED) is 0.658. The molecule has 2 rings (SSSR count). The Balaban J connectivity index is 2.25. The minimum absolute atomic E-state index is 0.113. The second kappa shape index (κ2) is 5.66. The van der Waals surface area contributed by atoms with Gasteiger partial charge in [0.2, 0.25) is 0 Å². The molecule has 0 aliphatic carbocycles. The van der Waals surface area contributed by atoms with Crippen LogP contribution in [0.15, 0.2) is 18.2 Å². The van der Waals surface area contributed by atoms with E-state index in [2.05, 4.69) is 10.6 Å². The van der Waals surface area contributed by atoms with E-state index in [0.29, 0.717) is 0 Å². The molecule has 1 aliphatic heterocycles. The summed E-state index contributed by atoms with van der Waals surface area (Å²) in [5, 5.41) is 15.8. The SMILES string of the molecule is O=[N+]([O-])c1ccc(NC2CC[NH2+]CC2)cc1C(F)(F)F. The van der Waals surface area contributed by atoms with Crippen LogP contribution in [-0.4, -0.2) is 24.1 Å². The molecular weight excluding hydrogens is 275 g/mol. The summed E-state index contributed by atoms with van der Waals surface area (Å²) in [6.45, 7) is 1.85. The lowest BCUT2D eigenvalue weighted by Gasteiger charge is -2.23. The molecule has 1 saturated heterocycles. The number of anilines is 1. The summed E-state index contributed by atoms with van der Waals surface area (Å²) in [4.78, 5) is 9.64. The molecule has 0 radical (unpaired) electrons. The predicted molar refractivity (Wildman–Crippen MR) is 66.4 cm³/mol. The zero-order valence-electron chi connectivity index (χ0n) is 10.6. The molecule has 0 amide bonds. The number of quaternary nitrogens is 1. The summed E-state index contributed by atoms with van der Waals surface area (Å²) in [5.41, 5.74) is -1.86. The monoisotopic (exact) mass is 290 g/mol. The second-order valence-corrected chi connectivity index (χ2v) is 4.77. The first-order chi connectivity index (χ1) is 9.38. The van der Waals surface area contributed by atoms with Crippen LogP contribution in [0.4, 0.5) is 24.5 Å². The van der Waals surface area contributed by atoms with Crippen molar-refractivity contribution in [1.29, 1.82) is 0 Å². The molecule has 3 N–H and O–H groups in total. The number of piperidine rings is 1. The number of nitrogens with one attached hydrogen (secondary N) is 1. The summed E-state index contributed by atoms with van der Waals surface area (Å²) in [6.07, 6.45) is -3.02. The first-order valence-corrected chi connectivity index (χ1v) is 6.32. The molecule has 0 bridgehead atoms. The molecule has 1 aliphatic rings. The Kier molecular flexibility index (Phi) is 4.12. The van der Waals surface area contributed by atoms with Gasteiger partial charge in [0.05, 0.1) is 18.0 Å². The highest BCUT2D eigenvalue weighted by Gasteiger charge is 2.38. The molecule has 0 atom stereocenters. The number of nitrogens with two attached hydrogens (primary N) is 1. The van der Waals surface area contributed by atoms with Crippen LogP contribution in [0.5, 0.6) is 0 Å². The number of rotatable bonds is 3. The van der Waals surface area contributed by atoms with Crippen LogP contribution in [0, 0.1) is 10.1 Å². The van der Waals surface area contributed by atoms with Gasteiger partial charge < -0.3 is 10.6 Å². The Morgan fingerprint density at radius 1 is 1.30 bits per heavy atom. The average molecular weight is 290 g/mol. The van der Waals surface area contributed by atoms with Crippen molar-refractivity contribution in [1.82, 2.24) is 0 Å². The Labute approximate surface area is 113 Å². The van der Waals surface area contributed by atoms with Crippen LogP contribution in [-0.2, 0) is 6.18 Å². The number of nitrogens with zero attached hydrogens (tertiary/aromatic N) is 1. The van der Waals surface area contributed by atoms with Gasteiger partial charge in [-0.1, -0.05) is 0 Å². The van der Waals surface area contributed by atoms with Gasteiger partial charge in [0.25, 0.3) is 5.69 Å². The maximum Gasteiger partial charge on any atom is 0.423 e. The number of hydrogen-bond donors (Lipinski definition) is 2. The van der Waals surface area contributed by atoms with E-state index in [1.54, 1.807) is 0 Å². The van der Waals surface area contributed by atoms with Crippen LogP contribution in [0.3, 0.4) is 0 Å². The third-order valence-electron chi connectivity index (χ3n) is 3.31.